The van der Waals surface area contributed by atoms with Crippen molar-refractivity contribution >= 4 is 0 Å². The fraction of sp³-hybridized carbons (Fsp3) is 0.857. The van der Waals surface area contributed by atoms with Crippen molar-refractivity contribution in [2.75, 3.05) is 40.4 Å². The second kappa shape index (κ2) is 8.60. The van der Waals surface area contributed by atoms with E-state index in [0.29, 0.717) is 5.92 Å². The summed E-state index contributed by atoms with van der Waals surface area (Å²) in [7, 11) is 4.21. The van der Waals surface area contributed by atoms with Gasteiger partial charge in [-0.3, -0.25) is 9.58 Å². The van der Waals surface area contributed by atoms with Crippen molar-refractivity contribution in [3.05, 3.63) is 17.0 Å². The molecule has 152 valence electrons. The molecule has 0 radical (unpaired) electrons. The third-order valence-corrected chi connectivity index (χ3v) is 6.76. The summed E-state index contributed by atoms with van der Waals surface area (Å²) in [5.74, 6) is 0.610. The van der Waals surface area contributed by atoms with Crippen molar-refractivity contribution in [2.24, 2.45) is 0 Å². The van der Waals surface area contributed by atoms with Gasteiger partial charge in [-0.05, 0) is 65.0 Å². The van der Waals surface area contributed by atoms with E-state index in [1.807, 2.05) is 7.05 Å². The molecule has 6 heteroatoms. The Hall–Kier alpha value is -0.950. The lowest BCUT2D eigenvalue weighted by atomic mass is 9.72. The molecule has 1 aliphatic carbocycles. The smallest absolute Gasteiger partial charge is 0.0888 e. The van der Waals surface area contributed by atoms with Crippen molar-refractivity contribution in [3.63, 3.8) is 0 Å². The van der Waals surface area contributed by atoms with Gasteiger partial charge >= 0.3 is 0 Å². The van der Waals surface area contributed by atoms with Crippen LogP contribution in [-0.2, 0) is 29.2 Å². The molecule has 0 amide bonds. The quantitative estimate of drug-likeness (QED) is 0.827. The van der Waals surface area contributed by atoms with Crippen LogP contribution in [0.25, 0.3) is 0 Å². The number of likely N-dealkylation sites (N-methyl/N-ethyl adjacent to an activating group) is 2. The van der Waals surface area contributed by atoms with E-state index >= 15 is 0 Å². The first-order valence-corrected chi connectivity index (χ1v) is 10.8. The molecule has 1 saturated heterocycles. The van der Waals surface area contributed by atoms with E-state index in [1.165, 1.54) is 61.9 Å². The van der Waals surface area contributed by atoms with Crippen molar-refractivity contribution in [1.29, 1.82) is 0 Å². The number of ether oxygens (including phenoxy) is 2. The molecule has 4 rings (SSSR count). The zero-order valence-electron chi connectivity index (χ0n) is 17.1. The lowest BCUT2D eigenvalue weighted by Gasteiger charge is -2.43. The van der Waals surface area contributed by atoms with Crippen LogP contribution in [0.1, 0.15) is 67.8 Å². The van der Waals surface area contributed by atoms with E-state index in [4.69, 9.17) is 14.6 Å². The highest BCUT2D eigenvalue weighted by Gasteiger charge is 2.39. The van der Waals surface area contributed by atoms with Gasteiger partial charge in [0.05, 0.1) is 36.7 Å². The second-order valence-electron chi connectivity index (χ2n) is 8.69. The number of aromatic nitrogens is 2. The van der Waals surface area contributed by atoms with Crippen LogP contribution < -0.4 is 5.32 Å². The minimum Gasteiger partial charge on any atom is -0.375 e. The van der Waals surface area contributed by atoms with Crippen molar-refractivity contribution < 1.29 is 9.47 Å². The predicted molar refractivity (Wildman–Crippen MR) is 106 cm³/mol. The summed E-state index contributed by atoms with van der Waals surface area (Å²) in [5.41, 5.74) is 4.29. The van der Waals surface area contributed by atoms with Gasteiger partial charge in [0.2, 0.25) is 0 Å². The Bertz CT molecular complexity index is 614. The monoisotopic (exact) mass is 376 g/mol. The molecular formula is C21H36N4O2. The van der Waals surface area contributed by atoms with Crippen LogP contribution in [0.3, 0.4) is 0 Å². The number of hydrogen-bond acceptors (Lipinski definition) is 5. The summed E-state index contributed by atoms with van der Waals surface area (Å²) < 4.78 is 14.3. The highest BCUT2D eigenvalue weighted by atomic mass is 16.5. The minimum absolute atomic E-state index is 0.183. The largest absolute Gasteiger partial charge is 0.375 e. The Morgan fingerprint density at radius 2 is 2.07 bits per heavy atom. The molecule has 0 atom stereocenters. The molecule has 2 aliphatic heterocycles. The van der Waals surface area contributed by atoms with Gasteiger partial charge in [-0.2, -0.15) is 5.10 Å². The summed E-state index contributed by atoms with van der Waals surface area (Å²) in [4.78, 5) is 2.38. The molecule has 2 fully saturated rings. The standard InChI is InChI=1S/C21H36N4O2/c1-22-10-11-24(2)15-18-20(19-16-26-14-12-25(19)23-18)17-5-8-21(9-6-17)7-3-4-13-27-21/h17,22H,3-16H2,1-2H3/t17-,21+. The average Bonchev–Trinajstić information content (AvgIpc) is 3.05. The lowest BCUT2D eigenvalue weighted by molar-refractivity contribution is -0.102. The number of rotatable bonds is 6. The van der Waals surface area contributed by atoms with Crippen LogP contribution in [-0.4, -0.2) is 60.7 Å². The molecule has 1 aromatic rings. The fourth-order valence-corrected chi connectivity index (χ4v) is 5.19. The number of nitrogens with zero attached hydrogens (tertiary/aromatic N) is 3. The van der Waals surface area contributed by atoms with Crippen LogP contribution >= 0.6 is 0 Å². The summed E-state index contributed by atoms with van der Waals surface area (Å²) >= 11 is 0. The Morgan fingerprint density at radius 3 is 2.81 bits per heavy atom. The molecular weight excluding hydrogens is 340 g/mol. The maximum absolute atomic E-state index is 6.26. The molecule has 0 unspecified atom stereocenters. The van der Waals surface area contributed by atoms with Gasteiger partial charge < -0.3 is 14.8 Å². The Morgan fingerprint density at radius 1 is 1.22 bits per heavy atom. The molecule has 3 heterocycles. The van der Waals surface area contributed by atoms with Gasteiger partial charge in [-0.25, -0.2) is 0 Å². The first kappa shape index (κ1) is 19.4. The molecule has 0 bridgehead atoms. The van der Waals surface area contributed by atoms with Gasteiger partial charge in [0.1, 0.15) is 0 Å². The van der Waals surface area contributed by atoms with Crippen molar-refractivity contribution in [3.8, 4) is 0 Å². The molecule has 0 aromatic carbocycles. The molecule has 1 saturated carbocycles. The molecule has 1 N–H and O–H groups in total. The third kappa shape index (κ3) is 4.24. The van der Waals surface area contributed by atoms with E-state index in [2.05, 4.69) is 21.9 Å². The summed E-state index contributed by atoms with van der Waals surface area (Å²) in [5, 5.41) is 8.26. The normalized spacial score (nSPS) is 28.6. The van der Waals surface area contributed by atoms with Crippen molar-refractivity contribution in [2.45, 2.75) is 76.2 Å². The van der Waals surface area contributed by atoms with Gasteiger partial charge in [-0.1, -0.05) is 0 Å². The molecule has 1 spiro atoms. The molecule has 1 aromatic heterocycles. The second-order valence-corrected chi connectivity index (χ2v) is 8.69. The maximum atomic E-state index is 6.26. The topological polar surface area (TPSA) is 51.6 Å². The van der Waals surface area contributed by atoms with Crippen LogP contribution in [0, 0.1) is 0 Å². The lowest BCUT2D eigenvalue weighted by Crippen LogP contribution is -2.39. The van der Waals surface area contributed by atoms with E-state index in [0.717, 1.165) is 46.0 Å². The van der Waals surface area contributed by atoms with Crippen LogP contribution in [0.2, 0.25) is 0 Å². The molecule has 6 nitrogen and oxygen atoms in total. The fourth-order valence-electron chi connectivity index (χ4n) is 5.19. The SMILES string of the molecule is CNCCN(C)Cc1nn2c(c1[C@H]1CC[C@]3(CCCCO3)CC1)COCC2. The van der Waals surface area contributed by atoms with Crippen molar-refractivity contribution in [1.82, 2.24) is 20.0 Å². The zero-order valence-corrected chi connectivity index (χ0v) is 17.1. The number of fused-ring (bicyclic) bond motifs is 1. The summed E-state index contributed by atoms with van der Waals surface area (Å²) in [6.45, 7) is 6.33. The summed E-state index contributed by atoms with van der Waals surface area (Å²) in [6.07, 6.45) is 8.70. The van der Waals surface area contributed by atoms with E-state index in [-0.39, 0.29) is 5.60 Å². The van der Waals surface area contributed by atoms with Crippen LogP contribution in [0.5, 0.6) is 0 Å². The van der Waals surface area contributed by atoms with Gasteiger partial charge in [0, 0.05) is 31.8 Å². The highest BCUT2D eigenvalue weighted by molar-refractivity contribution is 5.32. The van der Waals surface area contributed by atoms with E-state index in [9.17, 15) is 0 Å². The van der Waals surface area contributed by atoms with Gasteiger partial charge in [-0.15, -0.1) is 0 Å². The number of nitrogens with one attached hydrogen (secondary N) is 1. The Balaban J connectivity index is 1.51. The first-order chi connectivity index (χ1) is 13.2. The Kier molecular flexibility index (Phi) is 6.17. The Labute approximate surface area is 163 Å². The van der Waals surface area contributed by atoms with E-state index in [1.54, 1.807) is 0 Å². The molecule has 27 heavy (non-hydrogen) atoms. The highest BCUT2D eigenvalue weighted by Crippen LogP contribution is 2.45. The van der Waals surface area contributed by atoms with Gasteiger partial charge in [0.15, 0.2) is 0 Å². The number of hydrogen-bond donors (Lipinski definition) is 1. The average molecular weight is 377 g/mol. The summed E-state index contributed by atoms with van der Waals surface area (Å²) in [6, 6.07) is 0. The third-order valence-electron chi connectivity index (χ3n) is 6.76. The van der Waals surface area contributed by atoms with Crippen LogP contribution in [0.4, 0.5) is 0 Å². The zero-order chi connectivity index (χ0) is 18.7. The minimum atomic E-state index is 0.183. The first-order valence-electron chi connectivity index (χ1n) is 10.8. The maximum Gasteiger partial charge on any atom is 0.0888 e. The molecule has 3 aliphatic rings. The predicted octanol–water partition coefficient (Wildman–Crippen LogP) is 2.66. The van der Waals surface area contributed by atoms with Gasteiger partial charge in [0.25, 0.3) is 0 Å². The van der Waals surface area contributed by atoms with Crippen LogP contribution in [0.15, 0.2) is 0 Å². The van der Waals surface area contributed by atoms with E-state index < -0.39 is 0 Å².